The van der Waals surface area contributed by atoms with E-state index >= 15 is 0 Å². The molecule has 100 valence electrons. The fraction of sp³-hybridized carbons (Fsp3) is 0.917. The maximum atomic E-state index is 5.36. The standard InChI is InChI=1S/C12H24N2O2S/c1-10(11-4-8-16-9-5-11)14-12(17)13-6-3-7-15-2/h10-11H,3-9H2,1-2H3,(H2,13,14,17). The summed E-state index contributed by atoms with van der Waals surface area (Å²) in [6.07, 6.45) is 3.23. The van der Waals surface area contributed by atoms with Crippen molar-refractivity contribution in [1.82, 2.24) is 10.6 Å². The Morgan fingerprint density at radius 1 is 1.47 bits per heavy atom. The van der Waals surface area contributed by atoms with Crippen LogP contribution < -0.4 is 10.6 Å². The van der Waals surface area contributed by atoms with Gasteiger partial charge in [-0.25, -0.2) is 0 Å². The quantitative estimate of drug-likeness (QED) is 0.557. The summed E-state index contributed by atoms with van der Waals surface area (Å²) >= 11 is 5.25. The highest BCUT2D eigenvalue weighted by Crippen LogP contribution is 2.18. The van der Waals surface area contributed by atoms with Crippen LogP contribution in [0.25, 0.3) is 0 Å². The minimum Gasteiger partial charge on any atom is -0.385 e. The van der Waals surface area contributed by atoms with Crippen molar-refractivity contribution in [1.29, 1.82) is 0 Å². The molecule has 1 aliphatic heterocycles. The third-order valence-corrected chi connectivity index (χ3v) is 3.40. The lowest BCUT2D eigenvalue weighted by Crippen LogP contribution is -2.45. The van der Waals surface area contributed by atoms with Gasteiger partial charge in [0.2, 0.25) is 0 Å². The molecule has 17 heavy (non-hydrogen) atoms. The summed E-state index contributed by atoms with van der Waals surface area (Å²) in [6, 6.07) is 0.418. The molecule has 1 heterocycles. The first kappa shape index (κ1) is 14.7. The molecule has 1 atom stereocenters. The predicted octanol–water partition coefficient (Wildman–Crippen LogP) is 1.30. The highest BCUT2D eigenvalue weighted by molar-refractivity contribution is 7.80. The van der Waals surface area contributed by atoms with Gasteiger partial charge in [0, 0.05) is 39.5 Å². The van der Waals surface area contributed by atoms with Gasteiger partial charge in [0.15, 0.2) is 5.11 Å². The second-order valence-electron chi connectivity index (χ2n) is 4.49. The van der Waals surface area contributed by atoms with Crippen LogP contribution in [0.15, 0.2) is 0 Å². The number of thiocarbonyl (C=S) groups is 1. The van der Waals surface area contributed by atoms with Crippen molar-refractivity contribution >= 4 is 17.3 Å². The summed E-state index contributed by atoms with van der Waals surface area (Å²) in [6.45, 7) is 5.58. The van der Waals surface area contributed by atoms with Gasteiger partial charge in [0.05, 0.1) is 0 Å². The molecule has 0 radical (unpaired) electrons. The maximum absolute atomic E-state index is 5.36. The molecule has 0 amide bonds. The fourth-order valence-electron chi connectivity index (χ4n) is 2.01. The molecule has 0 aromatic heterocycles. The Labute approximate surface area is 109 Å². The van der Waals surface area contributed by atoms with E-state index in [2.05, 4.69) is 17.6 Å². The lowest BCUT2D eigenvalue weighted by molar-refractivity contribution is 0.0582. The molecule has 0 saturated carbocycles. The highest BCUT2D eigenvalue weighted by atomic mass is 32.1. The van der Waals surface area contributed by atoms with E-state index in [0.717, 1.165) is 50.7 Å². The van der Waals surface area contributed by atoms with Gasteiger partial charge in [-0.3, -0.25) is 0 Å². The molecular weight excluding hydrogens is 236 g/mol. The van der Waals surface area contributed by atoms with Gasteiger partial charge in [-0.1, -0.05) is 0 Å². The number of hydrogen-bond acceptors (Lipinski definition) is 3. The molecule has 4 nitrogen and oxygen atoms in total. The van der Waals surface area contributed by atoms with Crippen molar-refractivity contribution in [2.75, 3.05) is 33.5 Å². The molecule has 2 N–H and O–H groups in total. The Bertz CT molecular complexity index is 221. The highest BCUT2D eigenvalue weighted by Gasteiger charge is 2.20. The van der Waals surface area contributed by atoms with E-state index in [-0.39, 0.29) is 0 Å². The third kappa shape index (κ3) is 6.19. The summed E-state index contributed by atoms with van der Waals surface area (Å²) in [5.74, 6) is 0.669. The largest absolute Gasteiger partial charge is 0.385 e. The minimum atomic E-state index is 0.418. The van der Waals surface area contributed by atoms with E-state index in [1.807, 2.05) is 0 Å². The summed E-state index contributed by atoms with van der Waals surface area (Å²) < 4.78 is 10.3. The lowest BCUT2D eigenvalue weighted by atomic mass is 9.93. The summed E-state index contributed by atoms with van der Waals surface area (Å²) in [5.41, 5.74) is 0. The normalized spacial score (nSPS) is 18.7. The molecule has 0 aliphatic carbocycles. The molecule has 0 spiro atoms. The molecule has 1 aliphatic rings. The zero-order valence-electron chi connectivity index (χ0n) is 10.8. The average molecular weight is 260 g/mol. The maximum Gasteiger partial charge on any atom is 0.166 e. The molecular formula is C12H24N2O2S. The van der Waals surface area contributed by atoms with Crippen molar-refractivity contribution in [2.45, 2.75) is 32.2 Å². The lowest BCUT2D eigenvalue weighted by Gasteiger charge is -2.29. The van der Waals surface area contributed by atoms with Crippen LogP contribution >= 0.6 is 12.2 Å². The first-order valence-corrected chi connectivity index (χ1v) is 6.76. The molecule has 5 heteroatoms. The molecule has 1 unspecified atom stereocenters. The van der Waals surface area contributed by atoms with Gasteiger partial charge in [0.1, 0.15) is 0 Å². The van der Waals surface area contributed by atoms with Crippen LogP contribution in [0.1, 0.15) is 26.2 Å². The van der Waals surface area contributed by atoms with Gasteiger partial charge in [-0.05, 0) is 44.3 Å². The number of rotatable bonds is 6. The monoisotopic (exact) mass is 260 g/mol. The number of nitrogens with one attached hydrogen (secondary N) is 2. The topological polar surface area (TPSA) is 42.5 Å². The average Bonchev–Trinajstić information content (AvgIpc) is 2.36. The molecule has 1 fully saturated rings. The summed E-state index contributed by atoms with van der Waals surface area (Å²) in [5, 5.41) is 7.30. The molecule has 0 aromatic rings. The Morgan fingerprint density at radius 3 is 2.82 bits per heavy atom. The Kier molecular flexibility index (Phi) is 7.48. The molecule has 1 saturated heterocycles. The fourth-order valence-corrected chi connectivity index (χ4v) is 2.30. The van der Waals surface area contributed by atoms with Gasteiger partial charge < -0.3 is 20.1 Å². The zero-order chi connectivity index (χ0) is 12.5. The number of ether oxygens (including phenoxy) is 2. The predicted molar refractivity (Wildman–Crippen MR) is 73.2 cm³/mol. The Balaban J connectivity index is 2.11. The second kappa shape index (κ2) is 8.66. The minimum absolute atomic E-state index is 0.418. The van der Waals surface area contributed by atoms with Crippen LogP contribution in [-0.4, -0.2) is 44.6 Å². The number of hydrogen-bond donors (Lipinski definition) is 2. The zero-order valence-corrected chi connectivity index (χ0v) is 11.6. The van der Waals surface area contributed by atoms with Crippen LogP contribution in [0.3, 0.4) is 0 Å². The molecule has 1 rings (SSSR count). The van der Waals surface area contributed by atoms with Crippen LogP contribution in [0.4, 0.5) is 0 Å². The smallest absolute Gasteiger partial charge is 0.166 e. The van der Waals surface area contributed by atoms with Gasteiger partial charge >= 0.3 is 0 Å². The first-order chi connectivity index (χ1) is 8.24. The van der Waals surface area contributed by atoms with Crippen LogP contribution in [0.2, 0.25) is 0 Å². The van der Waals surface area contributed by atoms with Crippen molar-refractivity contribution in [3.05, 3.63) is 0 Å². The summed E-state index contributed by atoms with van der Waals surface area (Å²) in [4.78, 5) is 0. The van der Waals surface area contributed by atoms with E-state index in [1.165, 1.54) is 0 Å². The first-order valence-electron chi connectivity index (χ1n) is 6.35. The third-order valence-electron chi connectivity index (χ3n) is 3.14. The van der Waals surface area contributed by atoms with E-state index in [0.29, 0.717) is 12.0 Å². The SMILES string of the molecule is COCCCNC(=S)NC(C)C1CCOCC1. The molecule has 0 aromatic carbocycles. The van der Waals surface area contributed by atoms with Crippen LogP contribution in [-0.2, 0) is 9.47 Å². The van der Waals surface area contributed by atoms with Crippen molar-refractivity contribution < 1.29 is 9.47 Å². The van der Waals surface area contributed by atoms with Crippen molar-refractivity contribution in [3.8, 4) is 0 Å². The van der Waals surface area contributed by atoms with E-state index in [1.54, 1.807) is 7.11 Å². The van der Waals surface area contributed by atoms with Gasteiger partial charge in [-0.15, -0.1) is 0 Å². The van der Waals surface area contributed by atoms with Crippen LogP contribution in [0.5, 0.6) is 0 Å². The Hall–Kier alpha value is -0.390. The molecule has 0 bridgehead atoms. The number of methoxy groups -OCH3 is 1. The Morgan fingerprint density at radius 2 is 2.18 bits per heavy atom. The van der Waals surface area contributed by atoms with E-state index < -0.39 is 0 Å². The van der Waals surface area contributed by atoms with Crippen molar-refractivity contribution in [3.63, 3.8) is 0 Å². The van der Waals surface area contributed by atoms with E-state index in [9.17, 15) is 0 Å². The summed E-state index contributed by atoms with van der Waals surface area (Å²) in [7, 11) is 1.71. The van der Waals surface area contributed by atoms with Crippen molar-refractivity contribution in [2.24, 2.45) is 5.92 Å². The van der Waals surface area contributed by atoms with Gasteiger partial charge in [-0.2, -0.15) is 0 Å². The van der Waals surface area contributed by atoms with E-state index in [4.69, 9.17) is 21.7 Å². The van der Waals surface area contributed by atoms with Gasteiger partial charge in [0.25, 0.3) is 0 Å². The second-order valence-corrected chi connectivity index (χ2v) is 4.89. The van der Waals surface area contributed by atoms with Crippen LogP contribution in [0, 0.1) is 5.92 Å².